The topological polar surface area (TPSA) is 74.1 Å². The first kappa shape index (κ1) is 15.9. The highest BCUT2D eigenvalue weighted by Gasteiger charge is 2.21. The first-order valence-corrected chi connectivity index (χ1v) is 8.04. The van der Waals surface area contributed by atoms with Gasteiger partial charge in [-0.15, -0.1) is 11.6 Å². The minimum atomic E-state index is -3.38. The molecule has 0 unspecified atom stereocenters. The third-order valence-corrected chi connectivity index (χ3v) is 4.65. The van der Waals surface area contributed by atoms with Crippen LogP contribution in [0.1, 0.15) is 18.4 Å². The van der Waals surface area contributed by atoms with Gasteiger partial charge >= 0.3 is 0 Å². The number of alkyl halides is 1. The zero-order valence-corrected chi connectivity index (χ0v) is 12.1. The Hall–Kier alpha value is -1.16. The van der Waals surface area contributed by atoms with Crippen molar-refractivity contribution in [1.82, 2.24) is 9.29 Å². The van der Waals surface area contributed by atoms with Gasteiger partial charge < -0.3 is 0 Å². The molecule has 1 heterocycles. The van der Waals surface area contributed by atoms with E-state index in [2.05, 4.69) is 4.98 Å². The van der Waals surface area contributed by atoms with E-state index in [9.17, 15) is 8.42 Å². The molecule has 0 N–H and O–H groups in total. The molecule has 0 bridgehead atoms. The van der Waals surface area contributed by atoms with Crippen LogP contribution in [0.5, 0.6) is 0 Å². The van der Waals surface area contributed by atoms with Gasteiger partial charge in [0.15, 0.2) is 0 Å². The van der Waals surface area contributed by atoms with Gasteiger partial charge in [-0.05, 0) is 18.1 Å². The van der Waals surface area contributed by atoms with Crippen LogP contribution in [0.15, 0.2) is 24.5 Å². The lowest BCUT2D eigenvalue weighted by Gasteiger charge is -2.20. The summed E-state index contributed by atoms with van der Waals surface area (Å²) in [5.74, 6) is 0.306. The molecular weight excluding hydrogens is 286 g/mol. The van der Waals surface area contributed by atoms with Crippen molar-refractivity contribution in [2.45, 2.75) is 19.4 Å². The molecule has 5 nitrogen and oxygen atoms in total. The predicted octanol–water partition coefficient (Wildman–Crippen LogP) is 1.76. The second-order valence-corrected chi connectivity index (χ2v) is 6.43. The Morgan fingerprint density at radius 2 is 2.26 bits per heavy atom. The number of hydrogen-bond donors (Lipinski definition) is 0. The van der Waals surface area contributed by atoms with E-state index in [4.69, 9.17) is 16.9 Å². The molecule has 0 aliphatic carbocycles. The summed E-state index contributed by atoms with van der Waals surface area (Å²) >= 11 is 5.53. The van der Waals surface area contributed by atoms with Gasteiger partial charge in [0.2, 0.25) is 10.0 Å². The molecule has 7 heteroatoms. The first-order valence-electron chi connectivity index (χ1n) is 5.90. The monoisotopic (exact) mass is 301 g/mol. The summed E-state index contributed by atoms with van der Waals surface area (Å²) in [5, 5.41) is 8.62. The van der Waals surface area contributed by atoms with E-state index in [0.717, 1.165) is 5.56 Å². The van der Waals surface area contributed by atoms with E-state index >= 15 is 0 Å². The molecule has 0 aliphatic rings. The van der Waals surface area contributed by atoms with Crippen LogP contribution < -0.4 is 0 Å². The van der Waals surface area contributed by atoms with E-state index in [1.54, 1.807) is 18.5 Å². The highest BCUT2D eigenvalue weighted by Crippen LogP contribution is 2.11. The number of sulfonamides is 1. The van der Waals surface area contributed by atoms with Crippen molar-refractivity contribution in [3.63, 3.8) is 0 Å². The van der Waals surface area contributed by atoms with Crippen LogP contribution >= 0.6 is 11.6 Å². The zero-order valence-electron chi connectivity index (χ0n) is 10.5. The van der Waals surface area contributed by atoms with Crippen LogP contribution in [0.3, 0.4) is 0 Å². The predicted molar refractivity (Wildman–Crippen MR) is 74.0 cm³/mol. The lowest BCUT2D eigenvalue weighted by molar-refractivity contribution is 0.412. The SMILES string of the molecule is N#CCCN(Cc1cccnc1)S(=O)(=O)CCCCl. The van der Waals surface area contributed by atoms with Gasteiger partial charge in [-0.3, -0.25) is 4.98 Å². The molecule has 0 aliphatic heterocycles. The summed E-state index contributed by atoms with van der Waals surface area (Å²) in [6, 6.07) is 5.53. The summed E-state index contributed by atoms with van der Waals surface area (Å²) in [5.41, 5.74) is 0.801. The van der Waals surface area contributed by atoms with Crippen molar-refractivity contribution in [1.29, 1.82) is 5.26 Å². The molecule has 0 aromatic carbocycles. The molecule has 1 aromatic rings. The summed E-state index contributed by atoms with van der Waals surface area (Å²) in [6.45, 7) is 0.427. The maximum atomic E-state index is 12.1. The van der Waals surface area contributed by atoms with Crippen LogP contribution in [0.2, 0.25) is 0 Å². The fourth-order valence-corrected chi connectivity index (χ4v) is 3.33. The Labute approximate surface area is 118 Å². The highest BCUT2D eigenvalue weighted by atomic mass is 35.5. The van der Waals surface area contributed by atoms with E-state index in [1.165, 1.54) is 4.31 Å². The van der Waals surface area contributed by atoms with Crippen molar-refractivity contribution in [2.75, 3.05) is 18.2 Å². The third-order valence-electron chi connectivity index (χ3n) is 2.48. The third kappa shape index (κ3) is 5.55. The lowest BCUT2D eigenvalue weighted by Crippen LogP contribution is -2.33. The standard InChI is InChI=1S/C12H16ClN3O2S/c13-5-2-9-19(17,18)16(8-3-6-14)11-12-4-1-7-15-10-12/h1,4,7,10H,2-3,5,8-9,11H2. The Morgan fingerprint density at radius 3 is 2.84 bits per heavy atom. The molecule has 0 spiro atoms. The Balaban J connectivity index is 2.80. The average molecular weight is 302 g/mol. The molecule has 0 saturated heterocycles. The van der Waals surface area contributed by atoms with E-state index in [-0.39, 0.29) is 25.3 Å². The molecule has 0 fully saturated rings. The number of rotatable bonds is 8. The number of halogens is 1. The van der Waals surface area contributed by atoms with Gasteiger partial charge in [0.05, 0.1) is 11.8 Å². The van der Waals surface area contributed by atoms with Crippen molar-refractivity contribution in [3.8, 4) is 6.07 Å². The minimum Gasteiger partial charge on any atom is -0.264 e. The van der Waals surface area contributed by atoms with E-state index < -0.39 is 10.0 Å². The second kappa shape index (κ2) is 8.10. The number of pyridine rings is 1. The fraction of sp³-hybridized carbons (Fsp3) is 0.500. The summed E-state index contributed by atoms with van der Waals surface area (Å²) < 4.78 is 25.6. The molecule has 1 aromatic heterocycles. The molecule has 104 valence electrons. The summed E-state index contributed by atoms with van der Waals surface area (Å²) in [6.07, 6.45) is 3.82. The normalized spacial score (nSPS) is 11.4. The summed E-state index contributed by atoms with van der Waals surface area (Å²) in [4.78, 5) is 3.95. The van der Waals surface area contributed by atoms with Gasteiger partial charge in [0, 0.05) is 37.8 Å². The Bertz CT molecular complexity index is 514. The van der Waals surface area contributed by atoms with Crippen LogP contribution in [0.4, 0.5) is 0 Å². The van der Waals surface area contributed by atoms with Crippen LogP contribution in [0, 0.1) is 11.3 Å². The van der Waals surface area contributed by atoms with Gasteiger partial charge in [0.25, 0.3) is 0 Å². The number of aromatic nitrogens is 1. The van der Waals surface area contributed by atoms with Gasteiger partial charge in [-0.2, -0.15) is 9.57 Å². The van der Waals surface area contributed by atoms with Crippen molar-refractivity contribution in [2.24, 2.45) is 0 Å². The van der Waals surface area contributed by atoms with Crippen LogP contribution in [0.25, 0.3) is 0 Å². The van der Waals surface area contributed by atoms with E-state index in [0.29, 0.717) is 12.3 Å². The van der Waals surface area contributed by atoms with Crippen LogP contribution in [-0.4, -0.2) is 35.9 Å². The van der Waals surface area contributed by atoms with Gasteiger partial charge in [0.1, 0.15) is 0 Å². The molecule has 0 amide bonds. The molecule has 1 rings (SSSR count). The number of nitrogens with zero attached hydrogens (tertiary/aromatic N) is 3. The first-order chi connectivity index (χ1) is 9.10. The molecule has 19 heavy (non-hydrogen) atoms. The number of hydrogen-bond acceptors (Lipinski definition) is 4. The largest absolute Gasteiger partial charge is 0.264 e. The van der Waals surface area contributed by atoms with Crippen molar-refractivity contribution < 1.29 is 8.42 Å². The Morgan fingerprint density at radius 1 is 1.47 bits per heavy atom. The lowest BCUT2D eigenvalue weighted by atomic mass is 10.3. The van der Waals surface area contributed by atoms with Crippen LogP contribution in [-0.2, 0) is 16.6 Å². The quantitative estimate of drug-likeness (QED) is 0.686. The van der Waals surface area contributed by atoms with Crippen molar-refractivity contribution in [3.05, 3.63) is 30.1 Å². The molecule has 0 atom stereocenters. The number of nitriles is 1. The Kier molecular flexibility index (Phi) is 6.78. The smallest absolute Gasteiger partial charge is 0.214 e. The van der Waals surface area contributed by atoms with E-state index in [1.807, 2.05) is 12.1 Å². The molecular formula is C12H16ClN3O2S. The maximum Gasteiger partial charge on any atom is 0.214 e. The minimum absolute atomic E-state index is 0.00217. The summed E-state index contributed by atoms with van der Waals surface area (Å²) in [7, 11) is -3.38. The maximum absolute atomic E-state index is 12.1. The zero-order chi connectivity index (χ0) is 14.1. The second-order valence-electron chi connectivity index (χ2n) is 3.96. The average Bonchev–Trinajstić information content (AvgIpc) is 2.42. The fourth-order valence-electron chi connectivity index (χ4n) is 1.55. The van der Waals surface area contributed by atoms with Gasteiger partial charge in [-0.25, -0.2) is 8.42 Å². The highest BCUT2D eigenvalue weighted by molar-refractivity contribution is 7.89. The van der Waals surface area contributed by atoms with Gasteiger partial charge in [-0.1, -0.05) is 6.07 Å². The van der Waals surface area contributed by atoms with Crippen molar-refractivity contribution >= 4 is 21.6 Å². The molecule has 0 radical (unpaired) electrons. The molecule has 0 saturated carbocycles.